The highest BCUT2D eigenvalue weighted by Crippen LogP contribution is 2.14. The quantitative estimate of drug-likeness (QED) is 0.803. The summed E-state index contributed by atoms with van der Waals surface area (Å²) >= 11 is 4.81. The molecule has 0 unspecified atom stereocenters. The summed E-state index contributed by atoms with van der Waals surface area (Å²) in [5.41, 5.74) is 7.65. The Hall–Kier alpha value is -1.62. The molecule has 0 bridgehead atoms. The zero-order valence-corrected chi connectivity index (χ0v) is 12.5. The van der Waals surface area contributed by atoms with Crippen molar-refractivity contribution in [3.8, 4) is 0 Å². The predicted molar refractivity (Wildman–Crippen MR) is 83.5 cm³/mol. The van der Waals surface area contributed by atoms with Crippen LogP contribution in [0.2, 0.25) is 0 Å². The molecular formula is C14H21N3OS. The lowest BCUT2D eigenvalue weighted by atomic mass is 10.2. The van der Waals surface area contributed by atoms with Crippen LogP contribution in [0.25, 0.3) is 0 Å². The molecule has 0 saturated carbocycles. The topological polar surface area (TPSA) is 49.6 Å². The summed E-state index contributed by atoms with van der Waals surface area (Å²) in [6.07, 6.45) is 0.561. The Morgan fingerprint density at radius 2 is 2.05 bits per heavy atom. The molecule has 4 nitrogen and oxygen atoms in total. The second-order valence-corrected chi connectivity index (χ2v) is 5.25. The van der Waals surface area contributed by atoms with E-state index >= 15 is 0 Å². The van der Waals surface area contributed by atoms with Gasteiger partial charge in [-0.1, -0.05) is 24.4 Å². The molecule has 0 aliphatic carbocycles. The lowest BCUT2D eigenvalue weighted by Gasteiger charge is -2.23. The third-order valence-corrected chi connectivity index (χ3v) is 3.14. The second-order valence-electron chi connectivity index (χ2n) is 4.73. The maximum atomic E-state index is 12.0. The van der Waals surface area contributed by atoms with Crippen LogP contribution in [0.1, 0.15) is 12.0 Å². The van der Waals surface area contributed by atoms with E-state index in [0.29, 0.717) is 24.5 Å². The van der Waals surface area contributed by atoms with Crippen LogP contribution in [0.4, 0.5) is 5.69 Å². The van der Waals surface area contributed by atoms with Crippen LogP contribution in [0.15, 0.2) is 24.3 Å². The molecule has 0 radical (unpaired) electrons. The first-order valence-electron chi connectivity index (χ1n) is 6.20. The fraction of sp³-hybridized carbons (Fsp3) is 0.429. The van der Waals surface area contributed by atoms with E-state index in [-0.39, 0.29) is 5.91 Å². The molecular weight excluding hydrogens is 258 g/mol. The number of nitrogens with two attached hydrogens (primary N) is 1. The Morgan fingerprint density at radius 3 is 2.63 bits per heavy atom. The van der Waals surface area contributed by atoms with Gasteiger partial charge in [-0.3, -0.25) is 4.79 Å². The Balaban J connectivity index is 2.54. The molecule has 1 amide bonds. The molecule has 0 spiro atoms. The summed E-state index contributed by atoms with van der Waals surface area (Å²) < 4.78 is 0. The zero-order valence-electron chi connectivity index (χ0n) is 11.7. The van der Waals surface area contributed by atoms with E-state index in [9.17, 15) is 4.79 Å². The average molecular weight is 279 g/mol. The lowest BCUT2D eigenvalue weighted by Crippen LogP contribution is -2.38. The summed E-state index contributed by atoms with van der Waals surface area (Å²) in [6, 6.07) is 8.08. The molecule has 0 aliphatic heterocycles. The van der Waals surface area contributed by atoms with E-state index in [1.54, 1.807) is 11.9 Å². The number of carbonyl (C=O) groups is 1. The lowest BCUT2D eigenvalue weighted by molar-refractivity contribution is -0.128. The normalized spacial score (nSPS) is 10.1. The number of hydrogen-bond acceptors (Lipinski definition) is 3. The van der Waals surface area contributed by atoms with Gasteiger partial charge in [0.25, 0.3) is 0 Å². The largest absolute Gasteiger partial charge is 0.393 e. The van der Waals surface area contributed by atoms with Crippen molar-refractivity contribution in [2.45, 2.75) is 13.3 Å². The van der Waals surface area contributed by atoms with E-state index in [1.807, 2.05) is 37.1 Å². The highest BCUT2D eigenvalue weighted by molar-refractivity contribution is 7.80. The number of rotatable bonds is 6. The van der Waals surface area contributed by atoms with E-state index in [1.165, 1.54) is 5.56 Å². The summed E-state index contributed by atoms with van der Waals surface area (Å²) in [7, 11) is 3.68. The van der Waals surface area contributed by atoms with Gasteiger partial charge in [0.05, 0.1) is 11.5 Å². The van der Waals surface area contributed by atoms with Crippen molar-refractivity contribution in [3.05, 3.63) is 29.8 Å². The summed E-state index contributed by atoms with van der Waals surface area (Å²) in [5, 5.41) is 0. The summed E-state index contributed by atoms with van der Waals surface area (Å²) in [6.45, 7) is 2.95. The number of aryl methyl sites for hydroxylation is 1. The number of likely N-dealkylation sites (N-methyl/N-ethyl adjacent to an activating group) is 2. The van der Waals surface area contributed by atoms with Gasteiger partial charge >= 0.3 is 0 Å². The van der Waals surface area contributed by atoms with Crippen molar-refractivity contribution in [1.82, 2.24) is 4.90 Å². The maximum absolute atomic E-state index is 12.0. The molecule has 104 valence electrons. The molecule has 5 heteroatoms. The smallest absolute Gasteiger partial charge is 0.241 e. The van der Waals surface area contributed by atoms with E-state index in [4.69, 9.17) is 18.0 Å². The summed E-state index contributed by atoms with van der Waals surface area (Å²) in [5.74, 6) is 0.0558. The van der Waals surface area contributed by atoms with Gasteiger partial charge in [0, 0.05) is 32.7 Å². The molecule has 0 saturated heterocycles. The van der Waals surface area contributed by atoms with Crippen LogP contribution in [0.5, 0.6) is 0 Å². The molecule has 1 aromatic rings. The van der Waals surface area contributed by atoms with Crippen molar-refractivity contribution < 1.29 is 4.79 Å². The number of hydrogen-bond donors (Lipinski definition) is 1. The minimum atomic E-state index is 0.0558. The number of carbonyl (C=O) groups excluding carboxylic acids is 1. The van der Waals surface area contributed by atoms with Crippen LogP contribution in [0, 0.1) is 6.92 Å². The van der Waals surface area contributed by atoms with E-state index in [2.05, 4.69) is 6.07 Å². The van der Waals surface area contributed by atoms with Crippen molar-refractivity contribution in [2.75, 3.05) is 32.1 Å². The van der Waals surface area contributed by atoms with Gasteiger partial charge < -0.3 is 15.5 Å². The first-order chi connectivity index (χ1) is 8.90. The highest BCUT2D eigenvalue weighted by atomic mass is 32.1. The van der Waals surface area contributed by atoms with Crippen molar-refractivity contribution in [2.24, 2.45) is 5.73 Å². The third kappa shape index (κ3) is 5.26. The van der Waals surface area contributed by atoms with Gasteiger partial charge in [-0.05, 0) is 24.6 Å². The van der Waals surface area contributed by atoms with Crippen LogP contribution < -0.4 is 10.6 Å². The fourth-order valence-corrected chi connectivity index (χ4v) is 1.77. The molecule has 19 heavy (non-hydrogen) atoms. The summed E-state index contributed by atoms with van der Waals surface area (Å²) in [4.78, 5) is 16.1. The number of thiocarbonyl (C=S) groups is 1. The predicted octanol–water partition coefficient (Wildman–Crippen LogP) is 1.57. The van der Waals surface area contributed by atoms with E-state index < -0.39 is 0 Å². The van der Waals surface area contributed by atoms with Gasteiger partial charge in [0.15, 0.2) is 0 Å². The van der Waals surface area contributed by atoms with Crippen LogP contribution >= 0.6 is 12.2 Å². The van der Waals surface area contributed by atoms with Crippen molar-refractivity contribution in [3.63, 3.8) is 0 Å². The molecule has 1 rings (SSSR count). The Kier molecular flexibility index (Phi) is 5.76. The van der Waals surface area contributed by atoms with Crippen LogP contribution in [-0.4, -0.2) is 43.0 Å². The van der Waals surface area contributed by atoms with Gasteiger partial charge in [0.1, 0.15) is 0 Å². The molecule has 0 aromatic heterocycles. The van der Waals surface area contributed by atoms with Crippen LogP contribution in [-0.2, 0) is 4.79 Å². The molecule has 2 N–H and O–H groups in total. The van der Waals surface area contributed by atoms with E-state index in [0.717, 1.165) is 5.69 Å². The van der Waals surface area contributed by atoms with Gasteiger partial charge in [0.2, 0.25) is 5.91 Å². The maximum Gasteiger partial charge on any atom is 0.241 e. The van der Waals surface area contributed by atoms with Crippen molar-refractivity contribution >= 4 is 28.8 Å². The molecule has 0 aliphatic rings. The SMILES string of the molecule is Cc1cccc(N(C)CC(=O)N(C)CCC(N)=S)c1. The Morgan fingerprint density at radius 1 is 1.37 bits per heavy atom. The molecule has 0 fully saturated rings. The number of amides is 1. The van der Waals surface area contributed by atoms with Crippen LogP contribution in [0.3, 0.4) is 0 Å². The number of anilines is 1. The van der Waals surface area contributed by atoms with Gasteiger partial charge in [-0.15, -0.1) is 0 Å². The Bertz CT molecular complexity index is 462. The Labute approximate surface area is 120 Å². The minimum Gasteiger partial charge on any atom is -0.393 e. The first-order valence-corrected chi connectivity index (χ1v) is 6.61. The zero-order chi connectivity index (χ0) is 14.4. The highest BCUT2D eigenvalue weighted by Gasteiger charge is 2.12. The first kappa shape index (κ1) is 15.4. The average Bonchev–Trinajstić information content (AvgIpc) is 2.35. The van der Waals surface area contributed by atoms with Gasteiger partial charge in [-0.2, -0.15) is 0 Å². The standard InChI is InChI=1S/C14H21N3OS/c1-11-5-4-6-12(9-11)17(3)10-14(18)16(2)8-7-13(15)19/h4-6,9H,7-8,10H2,1-3H3,(H2,15,19). The monoisotopic (exact) mass is 279 g/mol. The van der Waals surface area contributed by atoms with Gasteiger partial charge in [-0.25, -0.2) is 0 Å². The van der Waals surface area contributed by atoms with Crippen molar-refractivity contribution in [1.29, 1.82) is 0 Å². The number of nitrogens with zero attached hydrogens (tertiary/aromatic N) is 2. The minimum absolute atomic E-state index is 0.0558. The molecule has 0 heterocycles. The molecule has 1 aromatic carbocycles. The second kappa shape index (κ2) is 7.09. The number of benzene rings is 1. The molecule has 0 atom stereocenters. The fourth-order valence-electron chi connectivity index (χ4n) is 1.68. The third-order valence-electron chi connectivity index (χ3n) is 2.93.